The van der Waals surface area contributed by atoms with Crippen LogP contribution in [0.1, 0.15) is 22.7 Å². The van der Waals surface area contributed by atoms with Crippen molar-refractivity contribution >= 4 is 10.0 Å². The molecule has 0 spiro atoms. The molecule has 0 radical (unpaired) electrons. The molecule has 1 atom stereocenters. The summed E-state index contributed by atoms with van der Waals surface area (Å²) in [4.78, 5) is 0.299. The molecular formula is C16H20N2O2S. The first-order chi connectivity index (χ1) is 9.90. The topological polar surface area (TPSA) is 72.2 Å². The monoisotopic (exact) mass is 304 g/mol. The molecule has 0 unspecified atom stereocenters. The lowest BCUT2D eigenvalue weighted by Gasteiger charge is -2.14. The average molecular weight is 304 g/mol. The van der Waals surface area contributed by atoms with Crippen LogP contribution in [0.5, 0.6) is 0 Å². The third-order valence-corrected chi connectivity index (χ3v) is 4.92. The average Bonchev–Trinajstić information content (AvgIpc) is 2.45. The van der Waals surface area contributed by atoms with E-state index in [1.165, 1.54) is 0 Å². The molecule has 0 saturated carbocycles. The summed E-state index contributed by atoms with van der Waals surface area (Å²) in [5, 5.41) is 0. The second-order valence-electron chi connectivity index (χ2n) is 5.14. The van der Waals surface area contributed by atoms with Crippen LogP contribution in [0.2, 0.25) is 0 Å². The van der Waals surface area contributed by atoms with Crippen molar-refractivity contribution in [2.24, 2.45) is 5.73 Å². The van der Waals surface area contributed by atoms with Gasteiger partial charge in [0.15, 0.2) is 0 Å². The summed E-state index contributed by atoms with van der Waals surface area (Å²) in [6.45, 7) is 3.89. The van der Waals surface area contributed by atoms with E-state index in [-0.39, 0.29) is 12.6 Å². The lowest BCUT2D eigenvalue weighted by molar-refractivity contribution is 0.571. The second-order valence-corrected chi connectivity index (χ2v) is 6.87. The molecule has 112 valence electrons. The molecule has 2 rings (SSSR count). The maximum atomic E-state index is 12.3. The van der Waals surface area contributed by atoms with Gasteiger partial charge < -0.3 is 5.73 Å². The van der Waals surface area contributed by atoms with Gasteiger partial charge in [0.25, 0.3) is 0 Å². The summed E-state index contributed by atoms with van der Waals surface area (Å²) >= 11 is 0. The van der Waals surface area contributed by atoms with Crippen LogP contribution in [-0.2, 0) is 10.0 Å². The number of nitrogens with two attached hydrogens (primary N) is 1. The summed E-state index contributed by atoms with van der Waals surface area (Å²) in [7, 11) is -3.54. The van der Waals surface area contributed by atoms with Crippen LogP contribution < -0.4 is 10.5 Å². The molecule has 0 aliphatic carbocycles. The van der Waals surface area contributed by atoms with Gasteiger partial charge in [-0.15, -0.1) is 0 Å². The zero-order valence-corrected chi connectivity index (χ0v) is 13.0. The molecule has 0 aliphatic rings. The van der Waals surface area contributed by atoms with E-state index in [2.05, 4.69) is 4.72 Å². The largest absolute Gasteiger partial charge is 0.323 e. The Morgan fingerprint density at radius 1 is 1.10 bits per heavy atom. The highest BCUT2D eigenvalue weighted by atomic mass is 32.2. The predicted molar refractivity (Wildman–Crippen MR) is 84.5 cm³/mol. The smallest absolute Gasteiger partial charge is 0.240 e. The first-order valence-electron chi connectivity index (χ1n) is 6.77. The van der Waals surface area contributed by atoms with Crippen molar-refractivity contribution < 1.29 is 8.42 Å². The number of hydrogen-bond donors (Lipinski definition) is 2. The standard InChI is InChI=1S/C16H20N2O2S/c1-12-8-9-16(13(2)10-12)21(19,20)18-11-15(17)14-6-4-3-5-7-14/h3-10,15,18H,11,17H2,1-2H3/t15-/m1/s1. The quantitative estimate of drug-likeness (QED) is 0.890. The summed E-state index contributed by atoms with van der Waals surface area (Å²) in [5.41, 5.74) is 8.69. The molecule has 0 saturated heterocycles. The molecule has 0 aliphatic heterocycles. The lowest BCUT2D eigenvalue weighted by atomic mass is 10.1. The van der Waals surface area contributed by atoms with Gasteiger partial charge in [0.2, 0.25) is 10.0 Å². The summed E-state index contributed by atoms with van der Waals surface area (Å²) in [6.07, 6.45) is 0. The highest BCUT2D eigenvalue weighted by Crippen LogP contribution is 2.17. The number of sulfonamides is 1. The van der Waals surface area contributed by atoms with Crippen molar-refractivity contribution in [3.8, 4) is 0 Å². The van der Waals surface area contributed by atoms with Crippen LogP contribution in [0.4, 0.5) is 0 Å². The number of benzene rings is 2. The minimum Gasteiger partial charge on any atom is -0.323 e. The Morgan fingerprint density at radius 2 is 1.76 bits per heavy atom. The summed E-state index contributed by atoms with van der Waals surface area (Å²) in [5.74, 6) is 0. The minimum absolute atomic E-state index is 0.166. The van der Waals surface area contributed by atoms with Gasteiger partial charge in [-0.3, -0.25) is 0 Å². The third kappa shape index (κ3) is 3.91. The van der Waals surface area contributed by atoms with Gasteiger partial charge in [-0.05, 0) is 31.0 Å². The molecular weight excluding hydrogens is 284 g/mol. The van der Waals surface area contributed by atoms with Gasteiger partial charge in [-0.2, -0.15) is 0 Å². The second kappa shape index (κ2) is 6.39. The first kappa shape index (κ1) is 15.7. The van der Waals surface area contributed by atoms with Crippen molar-refractivity contribution in [1.82, 2.24) is 4.72 Å². The number of rotatable bonds is 5. The van der Waals surface area contributed by atoms with E-state index >= 15 is 0 Å². The van der Waals surface area contributed by atoms with Gasteiger partial charge in [0.1, 0.15) is 0 Å². The normalized spacial score (nSPS) is 13.1. The Morgan fingerprint density at radius 3 is 2.38 bits per heavy atom. The van der Waals surface area contributed by atoms with Crippen LogP contribution in [0, 0.1) is 13.8 Å². The van der Waals surface area contributed by atoms with Gasteiger partial charge in [0.05, 0.1) is 4.90 Å². The van der Waals surface area contributed by atoms with E-state index in [0.29, 0.717) is 4.90 Å². The zero-order chi connectivity index (χ0) is 15.5. The fourth-order valence-electron chi connectivity index (χ4n) is 2.20. The van der Waals surface area contributed by atoms with Crippen molar-refractivity contribution in [1.29, 1.82) is 0 Å². The van der Waals surface area contributed by atoms with Crippen molar-refractivity contribution in [3.05, 3.63) is 65.2 Å². The molecule has 0 fully saturated rings. The molecule has 0 heterocycles. The Kier molecular flexibility index (Phi) is 4.77. The zero-order valence-electron chi connectivity index (χ0n) is 12.2. The van der Waals surface area contributed by atoms with Gasteiger partial charge >= 0.3 is 0 Å². The minimum atomic E-state index is -3.54. The van der Waals surface area contributed by atoms with E-state index in [9.17, 15) is 8.42 Å². The first-order valence-corrected chi connectivity index (χ1v) is 8.26. The van der Waals surface area contributed by atoms with Crippen LogP contribution in [0.15, 0.2) is 53.4 Å². The van der Waals surface area contributed by atoms with E-state index in [0.717, 1.165) is 16.7 Å². The number of aryl methyl sites for hydroxylation is 2. The molecule has 0 aromatic heterocycles. The van der Waals surface area contributed by atoms with Gasteiger partial charge in [-0.1, -0.05) is 48.0 Å². The molecule has 5 heteroatoms. The SMILES string of the molecule is Cc1ccc(S(=O)(=O)NC[C@@H](N)c2ccccc2)c(C)c1. The van der Waals surface area contributed by atoms with Crippen LogP contribution in [0.3, 0.4) is 0 Å². The molecule has 21 heavy (non-hydrogen) atoms. The summed E-state index contributed by atoms with van der Waals surface area (Å²) < 4.78 is 27.2. The summed E-state index contributed by atoms with van der Waals surface area (Å²) in [6, 6.07) is 14.3. The Hall–Kier alpha value is -1.69. The molecule has 2 aromatic carbocycles. The molecule has 0 bridgehead atoms. The van der Waals surface area contributed by atoms with E-state index in [4.69, 9.17) is 5.73 Å². The van der Waals surface area contributed by atoms with Crippen molar-refractivity contribution in [3.63, 3.8) is 0 Å². The molecule has 0 amide bonds. The van der Waals surface area contributed by atoms with Gasteiger partial charge in [-0.25, -0.2) is 13.1 Å². The number of nitrogens with one attached hydrogen (secondary N) is 1. The molecule has 2 aromatic rings. The van der Waals surface area contributed by atoms with E-state index < -0.39 is 10.0 Å². The maximum Gasteiger partial charge on any atom is 0.240 e. The highest BCUT2D eigenvalue weighted by Gasteiger charge is 2.18. The van der Waals surface area contributed by atoms with E-state index in [1.807, 2.05) is 43.3 Å². The van der Waals surface area contributed by atoms with Crippen LogP contribution in [-0.4, -0.2) is 15.0 Å². The molecule has 3 N–H and O–H groups in total. The predicted octanol–water partition coefficient (Wildman–Crippen LogP) is 2.28. The van der Waals surface area contributed by atoms with Crippen LogP contribution >= 0.6 is 0 Å². The Bertz CT molecular complexity index is 712. The van der Waals surface area contributed by atoms with Gasteiger partial charge in [0, 0.05) is 12.6 Å². The lowest BCUT2D eigenvalue weighted by Crippen LogP contribution is -2.32. The van der Waals surface area contributed by atoms with Crippen molar-refractivity contribution in [2.75, 3.05) is 6.54 Å². The maximum absolute atomic E-state index is 12.3. The van der Waals surface area contributed by atoms with Crippen LogP contribution in [0.25, 0.3) is 0 Å². The number of hydrogen-bond acceptors (Lipinski definition) is 3. The third-order valence-electron chi connectivity index (χ3n) is 3.34. The van der Waals surface area contributed by atoms with Crippen molar-refractivity contribution in [2.45, 2.75) is 24.8 Å². The Balaban J connectivity index is 2.11. The van der Waals surface area contributed by atoms with E-state index in [1.54, 1.807) is 19.1 Å². The highest BCUT2D eigenvalue weighted by molar-refractivity contribution is 7.89. The Labute approximate surface area is 126 Å². The molecule has 4 nitrogen and oxygen atoms in total. The fourth-order valence-corrected chi connectivity index (χ4v) is 3.48. The fraction of sp³-hybridized carbons (Fsp3) is 0.250.